The monoisotopic (exact) mass is 275 g/mol. The summed E-state index contributed by atoms with van der Waals surface area (Å²) in [7, 11) is 0. The highest BCUT2D eigenvalue weighted by molar-refractivity contribution is 6.53. The van der Waals surface area contributed by atoms with E-state index in [2.05, 4.69) is 5.32 Å². The highest BCUT2D eigenvalue weighted by atomic mass is 35.5. The first-order valence-corrected chi connectivity index (χ1v) is 6.32. The summed E-state index contributed by atoms with van der Waals surface area (Å²) in [6.07, 6.45) is 2.78. The molecule has 1 saturated carbocycles. The lowest BCUT2D eigenvalue weighted by Crippen LogP contribution is -2.40. The first kappa shape index (κ1) is 12.8. The second kappa shape index (κ2) is 4.21. The minimum Gasteiger partial charge on any atom is -0.469 e. The van der Waals surface area contributed by atoms with E-state index in [1.807, 2.05) is 19.1 Å². The van der Waals surface area contributed by atoms with Crippen molar-refractivity contribution in [1.82, 2.24) is 5.32 Å². The van der Waals surface area contributed by atoms with E-state index in [0.717, 1.165) is 5.76 Å². The summed E-state index contributed by atoms with van der Waals surface area (Å²) in [5.74, 6) is 0.753. The number of carbonyl (C=O) groups excluding carboxylic acids is 1. The van der Waals surface area contributed by atoms with Gasteiger partial charge in [-0.15, -0.1) is 23.2 Å². The van der Waals surface area contributed by atoms with Crippen LogP contribution in [0.4, 0.5) is 0 Å². The lowest BCUT2D eigenvalue weighted by atomic mass is 10.1. The summed E-state index contributed by atoms with van der Waals surface area (Å²) >= 11 is 11.9. The van der Waals surface area contributed by atoms with Crippen molar-refractivity contribution in [3.8, 4) is 0 Å². The average Bonchev–Trinajstić information content (AvgIpc) is 2.64. The zero-order chi connectivity index (χ0) is 12.7. The lowest BCUT2D eigenvalue weighted by Gasteiger charge is -2.17. The van der Waals surface area contributed by atoms with Crippen LogP contribution in [-0.2, 0) is 11.2 Å². The molecule has 2 rings (SSSR count). The molecule has 0 saturated heterocycles. The van der Waals surface area contributed by atoms with E-state index in [4.69, 9.17) is 27.6 Å². The van der Waals surface area contributed by atoms with Crippen LogP contribution in [0.1, 0.15) is 26.0 Å². The molecule has 0 unspecified atom stereocenters. The summed E-state index contributed by atoms with van der Waals surface area (Å²) in [6, 6.07) is 3.71. The summed E-state index contributed by atoms with van der Waals surface area (Å²) in [6.45, 7) is 3.71. The molecule has 1 aliphatic rings. The third-order valence-electron chi connectivity index (χ3n) is 3.22. The molecule has 1 N–H and O–H groups in total. The Morgan fingerprint density at radius 2 is 2.29 bits per heavy atom. The molecule has 0 aromatic carbocycles. The van der Waals surface area contributed by atoms with Crippen LogP contribution in [0.5, 0.6) is 0 Å². The van der Waals surface area contributed by atoms with Gasteiger partial charge in [0.25, 0.3) is 0 Å². The van der Waals surface area contributed by atoms with Gasteiger partial charge in [-0.25, -0.2) is 0 Å². The van der Waals surface area contributed by atoms with Crippen LogP contribution in [0.25, 0.3) is 0 Å². The van der Waals surface area contributed by atoms with Gasteiger partial charge < -0.3 is 9.73 Å². The summed E-state index contributed by atoms with van der Waals surface area (Å²) in [5, 5.41) is 2.91. The molecule has 5 heteroatoms. The van der Waals surface area contributed by atoms with Crippen molar-refractivity contribution in [2.24, 2.45) is 5.41 Å². The van der Waals surface area contributed by atoms with Gasteiger partial charge in [0.2, 0.25) is 5.91 Å². The highest BCUT2D eigenvalue weighted by Gasteiger charge is 2.67. The number of amides is 1. The molecule has 94 valence electrons. The van der Waals surface area contributed by atoms with E-state index in [1.165, 1.54) is 0 Å². The topological polar surface area (TPSA) is 42.2 Å². The molecule has 1 aromatic rings. The fourth-order valence-electron chi connectivity index (χ4n) is 1.81. The molecule has 1 fully saturated rings. The zero-order valence-corrected chi connectivity index (χ0v) is 11.3. The van der Waals surface area contributed by atoms with E-state index in [-0.39, 0.29) is 11.9 Å². The molecule has 0 aliphatic heterocycles. The normalized spacial score (nSPS) is 27.5. The minimum absolute atomic E-state index is 0.00444. The Hall–Kier alpha value is -0.670. The average molecular weight is 276 g/mol. The molecule has 1 aromatic heterocycles. The molecule has 1 aliphatic carbocycles. The Morgan fingerprint density at radius 3 is 2.76 bits per heavy atom. The SMILES string of the molecule is C[C@H](Cc1ccco1)NC(=O)[C@@]1(C)CC1(Cl)Cl. The number of alkyl halides is 2. The first-order chi connectivity index (χ1) is 7.85. The van der Waals surface area contributed by atoms with Gasteiger partial charge in [0.05, 0.1) is 11.7 Å². The molecule has 1 amide bonds. The van der Waals surface area contributed by atoms with Crippen LogP contribution in [-0.4, -0.2) is 16.3 Å². The van der Waals surface area contributed by atoms with Crippen LogP contribution in [0.15, 0.2) is 22.8 Å². The smallest absolute Gasteiger partial charge is 0.229 e. The third-order valence-corrected chi connectivity index (χ3v) is 4.33. The summed E-state index contributed by atoms with van der Waals surface area (Å²) < 4.78 is 4.31. The number of carbonyl (C=O) groups is 1. The van der Waals surface area contributed by atoms with Crippen molar-refractivity contribution < 1.29 is 9.21 Å². The van der Waals surface area contributed by atoms with Crippen molar-refractivity contribution >= 4 is 29.1 Å². The standard InChI is InChI=1S/C12H15Cl2NO2/c1-8(6-9-4-3-5-17-9)15-10(16)11(2)7-12(11,13)14/h3-5,8H,6-7H2,1-2H3,(H,15,16)/t8-,11-/m1/s1. The second-order valence-electron chi connectivity index (χ2n) is 4.87. The van der Waals surface area contributed by atoms with Gasteiger partial charge in [0.15, 0.2) is 0 Å². The van der Waals surface area contributed by atoms with Crippen molar-refractivity contribution in [1.29, 1.82) is 0 Å². The third kappa shape index (κ3) is 2.45. The molecule has 17 heavy (non-hydrogen) atoms. The second-order valence-corrected chi connectivity index (χ2v) is 6.36. The molecular weight excluding hydrogens is 261 g/mol. The van der Waals surface area contributed by atoms with Crippen molar-refractivity contribution in [3.63, 3.8) is 0 Å². The number of nitrogens with one attached hydrogen (secondary N) is 1. The van der Waals surface area contributed by atoms with Gasteiger partial charge in [-0.1, -0.05) is 0 Å². The van der Waals surface area contributed by atoms with Crippen molar-refractivity contribution in [2.45, 2.75) is 37.1 Å². The largest absolute Gasteiger partial charge is 0.469 e. The Balaban J connectivity index is 1.88. The maximum absolute atomic E-state index is 12.0. The number of hydrogen-bond acceptors (Lipinski definition) is 2. The van der Waals surface area contributed by atoms with Gasteiger partial charge in [-0.3, -0.25) is 4.79 Å². The van der Waals surface area contributed by atoms with Gasteiger partial charge in [-0.05, 0) is 32.4 Å². The molecule has 3 nitrogen and oxygen atoms in total. The van der Waals surface area contributed by atoms with E-state index in [9.17, 15) is 4.79 Å². The summed E-state index contributed by atoms with van der Waals surface area (Å²) in [4.78, 5) is 12.0. The van der Waals surface area contributed by atoms with Crippen LogP contribution in [0.3, 0.4) is 0 Å². The maximum atomic E-state index is 12.0. The Labute approximate surface area is 110 Å². The fourth-order valence-corrected chi connectivity index (χ4v) is 2.52. The van der Waals surface area contributed by atoms with E-state index >= 15 is 0 Å². The predicted octanol–water partition coefficient (Wildman–Crippen LogP) is 2.91. The van der Waals surface area contributed by atoms with Crippen LogP contribution in [0, 0.1) is 5.41 Å². The quantitative estimate of drug-likeness (QED) is 0.859. The van der Waals surface area contributed by atoms with Gasteiger partial charge in [0, 0.05) is 12.5 Å². The summed E-state index contributed by atoms with van der Waals surface area (Å²) in [5.41, 5.74) is -0.659. The molecule has 2 atom stereocenters. The molecule has 0 bridgehead atoms. The van der Waals surface area contributed by atoms with Crippen molar-refractivity contribution in [3.05, 3.63) is 24.2 Å². The van der Waals surface area contributed by atoms with Crippen molar-refractivity contribution in [2.75, 3.05) is 0 Å². The molecule has 0 radical (unpaired) electrons. The Morgan fingerprint density at radius 1 is 1.65 bits per heavy atom. The molecular formula is C12H15Cl2NO2. The van der Waals surface area contributed by atoms with Gasteiger partial charge >= 0.3 is 0 Å². The fraction of sp³-hybridized carbons (Fsp3) is 0.583. The zero-order valence-electron chi connectivity index (χ0n) is 9.80. The Bertz CT molecular complexity index is 416. The number of rotatable bonds is 4. The van der Waals surface area contributed by atoms with Crippen LogP contribution >= 0.6 is 23.2 Å². The van der Waals surface area contributed by atoms with E-state index in [1.54, 1.807) is 13.2 Å². The number of hydrogen-bond donors (Lipinski definition) is 1. The number of furan rings is 1. The number of halogens is 2. The maximum Gasteiger partial charge on any atom is 0.229 e. The van der Waals surface area contributed by atoms with E-state index in [0.29, 0.717) is 12.8 Å². The van der Waals surface area contributed by atoms with Crippen LogP contribution < -0.4 is 5.32 Å². The molecule has 1 heterocycles. The highest BCUT2D eigenvalue weighted by Crippen LogP contribution is 2.63. The Kier molecular flexibility index (Phi) is 3.17. The first-order valence-electron chi connectivity index (χ1n) is 5.56. The lowest BCUT2D eigenvalue weighted by molar-refractivity contribution is -0.126. The molecule has 0 spiro atoms. The van der Waals surface area contributed by atoms with E-state index < -0.39 is 9.75 Å². The van der Waals surface area contributed by atoms with Gasteiger partial charge in [-0.2, -0.15) is 0 Å². The van der Waals surface area contributed by atoms with Gasteiger partial charge in [0.1, 0.15) is 10.1 Å². The van der Waals surface area contributed by atoms with Crippen LogP contribution in [0.2, 0.25) is 0 Å². The minimum atomic E-state index is -0.915. The predicted molar refractivity (Wildman–Crippen MR) is 67.2 cm³/mol.